The molecule has 0 amide bonds. The van der Waals surface area contributed by atoms with Crippen LogP contribution >= 0.6 is 11.6 Å². The van der Waals surface area contributed by atoms with Crippen LogP contribution in [0.2, 0.25) is 5.15 Å². The number of aliphatic imine (C=N–C) groups is 1. The number of rotatable bonds is 2. The maximum Gasteiger partial charge on any atom is 0.420 e. The largest absolute Gasteiger partial charge is 0.420 e. The van der Waals surface area contributed by atoms with Gasteiger partial charge in [0.05, 0.1) is 6.54 Å². The van der Waals surface area contributed by atoms with E-state index in [2.05, 4.69) is 20.3 Å². The number of nitrogens with zero attached hydrogens (tertiary/aromatic N) is 3. The Labute approximate surface area is 122 Å². The van der Waals surface area contributed by atoms with Crippen molar-refractivity contribution in [3.8, 4) is 0 Å². The van der Waals surface area contributed by atoms with Gasteiger partial charge in [-0.25, -0.2) is 9.97 Å². The van der Waals surface area contributed by atoms with E-state index in [0.29, 0.717) is 18.4 Å². The summed E-state index contributed by atoms with van der Waals surface area (Å²) in [6.45, 7) is 0.637. The van der Waals surface area contributed by atoms with Crippen molar-refractivity contribution >= 4 is 29.5 Å². The van der Waals surface area contributed by atoms with E-state index in [-0.39, 0.29) is 5.95 Å². The Bertz CT molecular complexity index is 728. The highest BCUT2D eigenvalue weighted by Gasteiger charge is 2.34. The van der Waals surface area contributed by atoms with Gasteiger partial charge in [-0.1, -0.05) is 17.7 Å². The minimum absolute atomic E-state index is 0.00267. The van der Waals surface area contributed by atoms with E-state index >= 15 is 0 Å². The van der Waals surface area contributed by atoms with Gasteiger partial charge in [-0.3, -0.25) is 4.99 Å². The second-order valence-corrected chi connectivity index (χ2v) is 4.76. The third kappa shape index (κ3) is 2.82. The monoisotopic (exact) mass is 312 g/mol. The summed E-state index contributed by atoms with van der Waals surface area (Å²) in [5.74, 6) is 0.00267. The molecule has 108 valence electrons. The highest BCUT2D eigenvalue weighted by molar-refractivity contribution is 6.30. The molecular formula is C13H8ClF3N4. The number of aromatic nitrogens is 2. The fraction of sp³-hybridized carbons (Fsp3) is 0.154. The van der Waals surface area contributed by atoms with Crippen LogP contribution in [0.4, 0.5) is 24.8 Å². The Morgan fingerprint density at radius 1 is 1.24 bits per heavy atom. The zero-order chi connectivity index (χ0) is 15.0. The van der Waals surface area contributed by atoms with Gasteiger partial charge < -0.3 is 5.32 Å². The van der Waals surface area contributed by atoms with Crippen LogP contribution in [0.1, 0.15) is 16.7 Å². The lowest BCUT2D eigenvalue weighted by atomic mass is 10.1. The first-order valence-corrected chi connectivity index (χ1v) is 6.31. The van der Waals surface area contributed by atoms with Gasteiger partial charge in [-0.05, 0) is 23.3 Å². The fourth-order valence-electron chi connectivity index (χ4n) is 1.92. The van der Waals surface area contributed by atoms with E-state index in [1.165, 1.54) is 0 Å². The van der Waals surface area contributed by atoms with Crippen molar-refractivity contribution in [2.75, 3.05) is 5.32 Å². The second kappa shape index (κ2) is 5.00. The summed E-state index contributed by atoms with van der Waals surface area (Å²) in [5, 5.41) is 2.18. The number of fused-ring (bicyclic) bond motifs is 1. The molecule has 0 bridgehead atoms. The summed E-state index contributed by atoms with van der Waals surface area (Å²) in [6.07, 6.45) is -2.17. The summed E-state index contributed by atoms with van der Waals surface area (Å²) in [4.78, 5) is 11.4. The molecule has 1 aromatic heterocycles. The van der Waals surface area contributed by atoms with Gasteiger partial charge in [0.1, 0.15) is 10.7 Å². The third-order valence-corrected chi connectivity index (χ3v) is 3.23. The van der Waals surface area contributed by atoms with Crippen LogP contribution < -0.4 is 5.32 Å². The van der Waals surface area contributed by atoms with Crippen molar-refractivity contribution in [3.05, 3.63) is 46.2 Å². The van der Waals surface area contributed by atoms with Gasteiger partial charge in [0, 0.05) is 18.1 Å². The van der Waals surface area contributed by atoms with Crippen molar-refractivity contribution in [1.82, 2.24) is 9.97 Å². The molecule has 0 aliphatic carbocycles. The number of hydrogen-bond donors (Lipinski definition) is 1. The van der Waals surface area contributed by atoms with Crippen LogP contribution in [0.5, 0.6) is 0 Å². The summed E-state index contributed by atoms with van der Waals surface area (Å²) < 4.78 is 37.7. The molecule has 2 aromatic rings. The van der Waals surface area contributed by atoms with Crippen LogP contribution in [0, 0.1) is 0 Å². The molecule has 1 aliphatic heterocycles. The maximum atomic E-state index is 12.6. The van der Waals surface area contributed by atoms with E-state index in [0.717, 1.165) is 11.1 Å². The number of benzene rings is 1. The van der Waals surface area contributed by atoms with Gasteiger partial charge in [-0.15, -0.1) is 0 Å². The predicted molar refractivity (Wildman–Crippen MR) is 73.1 cm³/mol. The molecule has 4 nitrogen and oxygen atoms in total. The molecule has 21 heavy (non-hydrogen) atoms. The van der Waals surface area contributed by atoms with Crippen LogP contribution in [-0.2, 0) is 12.7 Å². The van der Waals surface area contributed by atoms with Gasteiger partial charge in [0.25, 0.3) is 0 Å². The van der Waals surface area contributed by atoms with Crippen molar-refractivity contribution in [3.63, 3.8) is 0 Å². The molecule has 3 rings (SSSR count). The highest BCUT2D eigenvalue weighted by atomic mass is 35.5. The highest BCUT2D eigenvalue weighted by Crippen LogP contribution is 2.33. The molecule has 0 atom stereocenters. The smallest absolute Gasteiger partial charge is 0.324 e. The van der Waals surface area contributed by atoms with Crippen molar-refractivity contribution in [2.24, 2.45) is 4.99 Å². The summed E-state index contributed by atoms with van der Waals surface area (Å²) in [5.41, 5.74) is 1.64. The van der Waals surface area contributed by atoms with Gasteiger partial charge in [0.15, 0.2) is 0 Å². The third-order valence-electron chi connectivity index (χ3n) is 2.94. The maximum absolute atomic E-state index is 12.6. The Kier molecular flexibility index (Phi) is 3.29. The standard InChI is InChI=1S/C13H8ClF3N4/c14-11-10(13(15,16)17)6-19-12(21-11)20-9-2-1-7-4-18-5-8(7)3-9/h1-3,5-6H,4H2,(H,19,20,21). The van der Waals surface area contributed by atoms with E-state index < -0.39 is 16.9 Å². The molecule has 1 N–H and O–H groups in total. The molecule has 0 spiro atoms. The Morgan fingerprint density at radius 2 is 2.05 bits per heavy atom. The number of anilines is 2. The van der Waals surface area contributed by atoms with E-state index in [1.54, 1.807) is 12.3 Å². The van der Waals surface area contributed by atoms with Crippen LogP contribution in [-0.4, -0.2) is 16.2 Å². The molecule has 0 fully saturated rings. The van der Waals surface area contributed by atoms with E-state index in [9.17, 15) is 13.2 Å². The van der Waals surface area contributed by atoms with Crippen LogP contribution in [0.15, 0.2) is 29.4 Å². The van der Waals surface area contributed by atoms with Crippen LogP contribution in [0.25, 0.3) is 0 Å². The molecule has 0 unspecified atom stereocenters. The summed E-state index contributed by atoms with van der Waals surface area (Å²) in [6, 6.07) is 5.49. The van der Waals surface area contributed by atoms with Crippen LogP contribution in [0.3, 0.4) is 0 Å². The molecule has 2 heterocycles. The minimum Gasteiger partial charge on any atom is -0.324 e. The van der Waals surface area contributed by atoms with Crippen molar-refractivity contribution < 1.29 is 13.2 Å². The predicted octanol–water partition coefficient (Wildman–Crippen LogP) is 3.82. The Morgan fingerprint density at radius 3 is 2.76 bits per heavy atom. The number of alkyl halides is 3. The zero-order valence-electron chi connectivity index (χ0n) is 10.4. The van der Waals surface area contributed by atoms with Gasteiger partial charge in [0.2, 0.25) is 5.95 Å². The average Bonchev–Trinajstić information content (AvgIpc) is 2.84. The second-order valence-electron chi connectivity index (χ2n) is 4.40. The lowest BCUT2D eigenvalue weighted by Gasteiger charge is -2.10. The van der Waals surface area contributed by atoms with Crippen molar-refractivity contribution in [2.45, 2.75) is 12.7 Å². The first kappa shape index (κ1) is 13.8. The van der Waals surface area contributed by atoms with E-state index in [4.69, 9.17) is 11.6 Å². The van der Waals surface area contributed by atoms with Crippen molar-refractivity contribution in [1.29, 1.82) is 0 Å². The Hall–Kier alpha value is -2.15. The van der Waals surface area contributed by atoms with Gasteiger partial charge >= 0.3 is 6.18 Å². The average molecular weight is 313 g/mol. The molecule has 0 saturated heterocycles. The molecular weight excluding hydrogens is 305 g/mol. The fourth-order valence-corrected chi connectivity index (χ4v) is 2.16. The first-order valence-electron chi connectivity index (χ1n) is 5.93. The molecule has 1 aliphatic rings. The number of nitrogens with one attached hydrogen (secondary N) is 1. The number of hydrogen-bond acceptors (Lipinski definition) is 4. The summed E-state index contributed by atoms with van der Waals surface area (Å²) in [7, 11) is 0. The minimum atomic E-state index is -4.57. The number of halogens is 4. The lowest BCUT2D eigenvalue weighted by molar-refractivity contribution is -0.137. The molecule has 0 radical (unpaired) electrons. The molecule has 1 aromatic carbocycles. The summed E-state index contributed by atoms with van der Waals surface area (Å²) >= 11 is 5.54. The Balaban J connectivity index is 1.85. The molecule has 0 saturated carbocycles. The van der Waals surface area contributed by atoms with E-state index in [1.807, 2.05) is 12.1 Å². The quantitative estimate of drug-likeness (QED) is 0.858. The first-order chi connectivity index (χ1) is 9.93. The molecule has 8 heteroatoms. The SMILES string of the molecule is FC(F)(F)c1cnc(Nc2ccc3c(c2)C=NC3)nc1Cl. The normalized spacial score (nSPS) is 13.3. The topological polar surface area (TPSA) is 50.2 Å². The van der Waals surface area contributed by atoms with Gasteiger partial charge in [-0.2, -0.15) is 13.2 Å². The zero-order valence-corrected chi connectivity index (χ0v) is 11.2. The lowest BCUT2D eigenvalue weighted by Crippen LogP contribution is -2.09.